The van der Waals surface area contributed by atoms with Crippen LogP contribution in [0.15, 0.2) is 67.3 Å². The van der Waals surface area contributed by atoms with Crippen molar-refractivity contribution in [3.63, 3.8) is 0 Å². The molecule has 1 aromatic carbocycles. The van der Waals surface area contributed by atoms with E-state index in [0.29, 0.717) is 50.6 Å². The lowest BCUT2D eigenvalue weighted by atomic mass is 9.85. The largest absolute Gasteiger partial charge is 0.335 e. The molecule has 38 heavy (non-hydrogen) atoms. The monoisotopic (exact) mass is 504 g/mol. The maximum absolute atomic E-state index is 13.9. The highest BCUT2D eigenvalue weighted by Crippen LogP contribution is 2.32. The summed E-state index contributed by atoms with van der Waals surface area (Å²) in [5.74, 6) is 0.308. The van der Waals surface area contributed by atoms with Gasteiger partial charge in [-0.25, -0.2) is 14.4 Å². The van der Waals surface area contributed by atoms with E-state index in [1.165, 1.54) is 12.1 Å². The molecule has 3 N–H and O–H groups in total. The van der Waals surface area contributed by atoms with Crippen molar-refractivity contribution in [1.82, 2.24) is 35.1 Å². The number of nitrogens with one attached hydrogen (secondary N) is 3. The summed E-state index contributed by atoms with van der Waals surface area (Å²) in [5.41, 5.74) is 6.78. The Balaban J connectivity index is 1.26. The average molecular weight is 505 g/mol. The van der Waals surface area contributed by atoms with Crippen molar-refractivity contribution < 1.29 is 9.18 Å². The number of hydrogen-bond donors (Lipinski definition) is 3. The second kappa shape index (κ2) is 8.84. The Kier molecular flexibility index (Phi) is 5.17. The van der Waals surface area contributed by atoms with Crippen molar-refractivity contribution in [2.45, 2.75) is 19.3 Å². The summed E-state index contributed by atoms with van der Waals surface area (Å²) in [5, 5.41) is 10.5. The third kappa shape index (κ3) is 3.86. The van der Waals surface area contributed by atoms with Crippen LogP contribution in [0.4, 0.5) is 10.1 Å². The highest BCUT2D eigenvalue weighted by molar-refractivity contribution is 5.96. The number of rotatable bonds is 5. The Morgan fingerprint density at radius 1 is 0.921 bits per heavy atom. The molecule has 0 unspecified atom stereocenters. The summed E-state index contributed by atoms with van der Waals surface area (Å²) >= 11 is 0. The quantitative estimate of drug-likeness (QED) is 0.285. The molecular formula is C28H21FN8O. The molecule has 5 aromatic heterocycles. The number of carbonyl (C=O) groups excluding carboxylic acids is 1. The minimum atomic E-state index is -0.327. The van der Waals surface area contributed by atoms with Crippen LogP contribution in [0, 0.1) is 11.7 Å². The number of carbonyl (C=O) groups is 1. The molecule has 7 rings (SSSR count). The van der Waals surface area contributed by atoms with Crippen LogP contribution >= 0.6 is 0 Å². The van der Waals surface area contributed by atoms with E-state index in [-0.39, 0.29) is 17.6 Å². The fourth-order valence-electron chi connectivity index (χ4n) is 4.70. The Morgan fingerprint density at radius 2 is 1.82 bits per heavy atom. The highest BCUT2D eigenvalue weighted by Gasteiger charge is 2.25. The molecule has 10 heteroatoms. The number of aromatic nitrogens is 7. The summed E-state index contributed by atoms with van der Waals surface area (Å²) < 4.78 is 13.9. The maximum atomic E-state index is 13.9. The van der Waals surface area contributed by atoms with E-state index in [1.807, 2.05) is 24.3 Å². The standard InChI is InChI=1S/C28H21FN8O/c29-18-6-2-5-16(9-18)20-13-31-14-23-24(20)35-27(34-23)26-25-22(36-37-26)8-7-21(33-25)17-10-19(12-30-11-17)32-28(38)15-3-1-4-15/h2,5-15H,1,3-4H2,(H,32,38)(H,34,35)(H,36,37). The van der Waals surface area contributed by atoms with Gasteiger partial charge >= 0.3 is 0 Å². The summed E-state index contributed by atoms with van der Waals surface area (Å²) in [7, 11) is 0. The molecule has 186 valence electrons. The van der Waals surface area contributed by atoms with Crippen molar-refractivity contribution in [3.05, 3.63) is 73.1 Å². The Hall–Kier alpha value is -4.99. The van der Waals surface area contributed by atoms with Gasteiger partial charge in [0.25, 0.3) is 0 Å². The van der Waals surface area contributed by atoms with Gasteiger partial charge in [0.2, 0.25) is 5.91 Å². The predicted octanol–water partition coefficient (Wildman–Crippen LogP) is 5.50. The first-order chi connectivity index (χ1) is 18.6. The molecule has 0 aliphatic heterocycles. The number of anilines is 1. The van der Waals surface area contributed by atoms with Crippen LogP contribution < -0.4 is 5.32 Å². The molecule has 6 aromatic rings. The number of nitrogens with zero attached hydrogens (tertiary/aromatic N) is 5. The smallest absolute Gasteiger partial charge is 0.227 e. The minimum Gasteiger partial charge on any atom is -0.335 e. The normalized spacial score (nSPS) is 13.6. The molecule has 0 bridgehead atoms. The van der Waals surface area contributed by atoms with Gasteiger partial charge in [-0.2, -0.15) is 5.10 Å². The molecule has 5 heterocycles. The second-order valence-corrected chi connectivity index (χ2v) is 9.42. The van der Waals surface area contributed by atoms with Crippen molar-refractivity contribution in [2.24, 2.45) is 5.92 Å². The van der Waals surface area contributed by atoms with Gasteiger partial charge < -0.3 is 10.3 Å². The molecule has 0 saturated heterocycles. The molecule has 1 aliphatic rings. The van der Waals surface area contributed by atoms with Crippen LogP contribution in [0.1, 0.15) is 19.3 Å². The number of pyridine rings is 3. The van der Waals surface area contributed by atoms with Gasteiger partial charge in [0.15, 0.2) is 11.5 Å². The Labute approximate surface area is 215 Å². The zero-order valence-corrected chi connectivity index (χ0v) is 20.1. The first kappa shape index (κ1) is 22.2. The minimum absolute atomic E-state index is 0.0349. The number of H-pyrrole nitrogens is 2. The number of fused-ring (bicyclic) bond motifs is 2. The zero-order chi connectivity index (χ0) is 25.6. The first-order valence-corrected chi connectivity index (χ1v) is 12.3. The van der Waals surface area contributed by atoms with Gasteiger partial charge in [-0.15, -0.1) is 0 Å². The second-order valence-electron chi connectivity index (χ2n) is 9.42. The van der Waals surface area contributed by atoms with Gasteiger partial charge in [0.05, 0.1) is 40.3 Å². The highest BCUT2D eigenvalue weighted by atomic mass is 19.1. The summed E-state index contributed by atoms with van der Waals surface area (Å²) in [6.45, 7) is 0. The van der Waals surface area contributed by atoms with Crippen molar-refractivity contribution in [3.8, 4) is 33.9 Å². The van der Waals surface area contributed by atoms with Crippen molar-refractivity contribution in [2.75, 3.05) is 5.32 Å². The van der Waals surface area contributed by atoms with Gasteiger partial charge in [-0.3, -0.25) is 19.9 Å². The van der Waals surface area contributed by atoms with Crippen LogP contribution in [0.2, 0.25) is 0 Å². The molecule has 0 spiro atoms. The Morgan fingerprint density at radius 3 is 2.66 bits per heavy atom. The third-order valence-corrected chi connectivity index (χ3v) is 6.94. The summed E-state index contributed by atoms with van der Waals surface area (Å²) in [6.07, 6.45) is 9.67. The van der Waals surface area contributed by atoms with E-state index in [2.05, 4.69) is 30.5 Å². The van der Waals surface area contributed by atoms with Gasteiger partial charge in [-0.1, -0.05) is 18.6 Å². The molecule has 0 radical (unpaired) electrons. The molecular weight excluding hydrogens is 483 g/mol. The summed E-state index contributed by atoms with van der Waals surface area (Å²) in [6, 6.07) is 12.0. The lowest BCUT2D eigenvalue weighted by Gasteiger charge is -2.24. The van der Waals surface area contributed by atoms with E-state index in [0.717, 1.165) is 30.3 Å². The van der Waals surface area contributed by atoms with Crippen LogP contribution in [0.3, 0.4) is 0 Å². The van der Waals surface area contributed by atoms with E-state index < -0.39 is 0 Å². The molecule has 1 saturated carbocycles. The van der Waals surface area contributed by atoms with E-state index >= 15 is 0 Å². The fraction of sp³-hybridized carbons (Fsp3) is 0.143. The Bertz CT molecular complexity index is 1840. The van der Waals surface area contributed by atoms with Gasteiger partial charge in [0, 0.05) is 29.4 Å². The first-order valence-electron chi connectivity index (χ1n) is 12.3. The molecule has 0 atom stereocenters. The lowest BCUT2D eigenvalue weighted by Crippen LogP contribution is -2.28. The number of imidazole rings is 1. The third-order valence-electron chi connectivity index (χ3n) is 6.94. The number of aromatic amines is 2. The lowest BCUT2D eigenvalue weighted by molar-refractivity contribution is -0.122. The maximum Gasteiger partial charge on any atom is 0.227 e. The van der Waals surface area contributed by atoms with Crippen LogP contribution in [0.5, 0.6) is 0 Å². The van der Waals surface area contributed by atoms with E-state index in [1.54, 1.807) is 30.9 Å². The van der Waals surface area contributed by atoms with Gasteiger partial charge in [0.1, 0.15) is 11.3 Å². The number of amides is 1. The fourth-order valence-corrected chi connectivity index (χ4v) is 4.70. The SMILES string of the molecule is O=C(Nc1cncc(-c2ccc3[nH]nc(-c4nc5c(-c6cccc(F)c6)cncc5[nH]4)c3n2)c1)C1CCC1. The van der Waals surface area contributed by atoms with Crippen LogP contribution in [-0.2, 0) is 4.79 Å². The topological polar surface area (TPSA) is 125 Å². The molecule has 1 amide bonds. The average Bonchev–Trinajstić information content (AvgIpc) is 3.51. The number of halogens is 1. The van der Waals surface area contributed by atoms with Crippen LogP contribution in [-0.4, -0.2) is 41.0 Å². The van der Waals surface area contributed by atoms with E-state index in [9.17, 15) is 9.18 Å². The number of benzene rings is 1. The summed E-state index contributed by atoms with van der Waals surface area (Å²) in [4.78, 5) is 33.9. The van der Waals surface area contributed by atoms with Crippen molar-refractivity contribution in [1.29, 1.82) is 0 Å². The molecule has 1 aliphatic carbocycles. The van der Waals surface area contributed by atoms with E-state index in [4.69, 9.17) is 9.97 Å². The van der Waals surface area contributed by atoms with Gasteiger partial charge in [-0.05, 0) is 48.7 Å². The van der Waals surface area contributed by atoms with Crippen LogP contribution in [0.25, 0.3) is 56.0 Å². The van der Waals surface area contributed by atoms with Crippen molar-refractivity contribution >= 4 is 33.7 Å². The number of hydrogen-bond acceptors (Lipinski definition) is 6. The zero-order valence-electron chi connectivity index (χ0n) is 20.1. The molecule has 9 nitrogen and oxygen atoms in total. The predicted molar refractivity (Wildman–Crippen MR) is 141 cm³/mol. The molecule has 1 fully saturated rings.